The normalized spacial score (nSPS) is 11.4. The van der Waals surface area contributed by atoms with Crippen molar-refractivity contribution >= 4 is 21.9 Å². The quantitative estimate of drug-likeness (QED) is 0.800. The van der Waals surface area contributed by atoms with E-state index >= 15 is 0 Å². The Balaban J connectivity index is 2.31. The molecule has 0 radical (unpaired) electrons. The molecule has 2 aromatic rings. The highest BCUT2D eigenvalue weighted by Gasteiger charge is 2.37. The molecule has 0 saturated carbocycles. The highest BCUT2D eigenvalue weighted by atomic mass is 79.9. The number of esters is 1. The van der Waals surface area contributed by atoms with Gasteiger partial charge in [0.15, 0.2) is 0 Å². The Morgan fingerprint density at radius 2 is 2.20 bits per heavy atom. The molecule has 0 aliphatic carbocycles. The number of benzene rings is 1. The van der Waals surface area contributed by atoms with Gasteiger partial charge in [-0.3, -0.25) is 4.79 Å². The number of rotatable bonds is 4. The van der Waals surface area contributed by atoms with Gasteiger partial charge >= 0.3 is 5.97 Å². The minimum absolute atomic E-state index is 0.242. The lowest BCUT2D eigenvalue weighted by atomic mass is 9.94. The predicted octanol–water partition coefficient (Wildman–Crippen LogP) is 3.34. The monoisotopic (exact) mass is 338 g/mol. The highest BCUT2D eigenvalue weighted by molar-refractivity contribution is 9.10. The molecule has 6 heteroatoms. The van der Waals surface area contributed by atoms with E-state index in [4.69, 9.17) is 9.26 Å². The van der Waals surface area contributed by atoms with Gasteiger partial charge in [0, 0.05) is 10.0 Å². The van der Waals surface area contributed by atoms with Gasteiger partial charge in [-0.1, -0.05) is 33.2 Å². The molecule has 106 valence electrons. The molecule has 0 atom stereocenters. The third kappa shape index (κ3) is 2.90. The van der Waals surface area contributed by atoms with Gasteiger partial charge < -0.3 is 9.26 Å². The molecule has 0 aliphatic heterocycles. The van der Waals surface area contributed by atoms with Crippen molar-refractivity contribution in [3.63, 3.8) is 0 Å². The summed E-state index contributed by atoms with van der Waals surface area (Å²) in [5, 5.41) is 3.92. The summed E-state index contributed by atoms with van der Waals surface area (Å²) in [5.41, 5.74) is -0.151. The predicted molar refractivity (Wildman–Crippen MR) is 77.1 cm³/mol. The van der Waals surface area contributed by atoms with Crippen LogP contribution in [0.3, 0.4) is 0 Å². The number of hydrogen-bond donors (Lipinski definition) is 0. The average Bonchev–Trinajstić information content (AvgIpc) is 2.89. The third-order valence-electron chi connectivity index (χ3n) is 2.83. The van der Waals surface area contributed by atoms with Gasteiger partial charge in [-0.15, -0.1) is 0 Å². The van der Waals surface area contributed by atoms with Crippen LogP contribution in [0.1, 0.15) is 26.7 Å². The molecular formula is C14H15BrN2O3. The van der Waals surface area contributed by atoms with E-state index in [9.17, 15) is 4.79 Å². The van der Waals surface area contributed by atoms with Crippen LogP contribution < -0.4 is 0 Å². The van der Waals surface area contributed by atoms with Crippen molar-refractivity contribution in [2.45, 2.75) is 26.2 Å². The van der Waals surface area contributed by atoms with Crippen molar-refractivity contribution in [3.8, 4) is 11.4 Å². The summed E-state index contributed by atoms with van der Waals surface area (Å²) in [6.07, 6.45) is 0. The summed E-state index contributed by atoms with van der Waals surface area (Å²) in [4.78, 5) is 16.2. The Hall–Kier alpha value is -1.69. The van der Waals surface area contributed by atoms with Gasteiger partial charge in [-0.2, -0.15) is 4.98 Å². The van der Waals surface area contributed by atoms with E-state index in [0.29, 0.717) is 12.4 Å². The van der Waals surface area contributed by atoms with E-state index in [0.717, 1.165) is 10.0 Å². The van der Waals surface area contributed by atoms with E-state index in [1.807, 2.05) is 24.3 Å². The number of nitrogens with zero attached hydrogens (tertiary/aromatic N) is 2. The third-order valence-corrected chi connectivity index (χ3v) is 3.32. The molecule has 5 nitrogen and oxygen atoms in total. The summed E-state index contributed by atoms with van der Waals surface area (Å²) in [6.45, 7) is 5.47. The Kier molecular flexibility index (Phi) is 4.23. The standard InChI is InChI=1S/C14H15BrN2O3/c1-4-19-13(18)14(2,3)12-16-11(17-20-12)9-6-5-7-10(15)8-9/h5-8H,4H2,1-3H3. The van der Waals surface area contributed by atoms with Gasteiger partial charge in [-0.05, 0) is 32.9 Å². The summed E-state index contributed by atoms with van der Waals surface area (Å²) < 4.78 is 11.2. The first-order valence-electron chi connectivity index (χ1n) is 6.22. The molecule has 1 aromatic carbocycles. The molecule has 0 spiro atoms. The second-order valence-electron chi connectivity index (χ2n) is 4.78. The first-order valence-corrected chi connectivity index (χ1v) is 7.01. The minimum atomic E-state index is -0.965. The SMILES string of the molecule is CCOC(=O)C(C)(C)c1nc(-c2cccc(Br)c2)no1. The maximum absolute atomic E-state index is 11.9. The van der Waals surface area contributed by atoms with Crippen LogP contribution in [0.25, 0.3) is 11.4 Å². The van der Waals surface area contributed by atoms with Crippen LogP contribution in [0.15, 0.2) is 33.3 Å². The maximum Gasteiger partial charge on any atom is 0.321 e. The molecule has 1 aromatic heterocycles. The average molecular weight is 339 g/mol. The first kappa shape index (κ1) is 14.7. The number of hydrogen-bond acceptors (Lipinski definition) is 5. The molecule has 0 unspecified atom stereocenters. The Bertz CT molecular complexity index is 622. The lowest BCUT2D eigenvalue weighted by molar-refractivity contribution is -0.149. The van der Waals surface area contributed by atoms with Gasteiger partial charge in [0.2, 0.25) is 11.7 Å². The molecule has 0 fully saturated rings. The van der Waals surface area contributed by atoms with Crippen LogP contribution in [-0.2, 0) is 14.9 Å². The Morgan fingerprint density at radius 3 is 2.85 bits per heavy atom. The second kappa shape index (κ2) is 5.75. The number of aromatic nitrogens is 2. The number of carbonyl (C=O) groups is 1. The van der Waals surface area contributed by atoms with Crippen LogP contribution in [0.4, 0.5) is 0 Å². The fraction of sp³-hybridized carbons (Fsp3) is 0.357. The summed E-state index contributed by atoms with van der Waals surface area (Å²) >= 11 is 3.39. The molecule has 0 saturated heterocycles. The first-order chi connectivity index (χ1) is 9.45. The molecule has 0 bridgehead atoms. The van der Waals surface area contributed by atoms with Crippen molar-refractivity contribution in [1.82, 2.24) is 10.1 Å². The van der Waals surface area contributed by atoms with E-state index in [-0.39, 0.29) is 11.9 Å². The van der Waals surface area contributed by atoms with Crippen LogP contribution in [-0.4, -0.2) is 22.7 Å². The maximum atomic E-state index is 11.9. The van der Waals surface area contributed by atoms with Crippen LogP contribution >= 0.6 is 15.9 Å². The summed E-state index contributed by atoms with van der Waals surface area (Å²) in [5.74, 6) is 0.300. The zero-order valence-corrected chi connectivity index (χ0v) is 13.1. The fourth-order valence-electron chi connectivity index (χ4n) is 1.62. The van der Waals surface area contributed by atoms with Gasteiger partial charge in [0.1, 0.15) is 5.41 Å². The highest BCUT2D eigenvalue weighted by Crippen LogP contribution is 2.26. The molecule has 0 aliphatic rings. The van der Waals surface area contributed by atoms with Crippen LogP contribution in [0, 0.1) is 0 Å². The minimum Gasteiger partial charge on any atom is -0.465 e. The van der Waals surface area contributed by atoms with E-state index in [1.165, 1.54) is 0 Å². The molecular weight excluding hydrogens is 324 g/mol. The van der Waals surface area contributed by atoms with Gasteiger partial charge in [-0.25, -0.2) is 0 Å². The Labute approximate surface area is 125 Å². The van der Waals surface area contributed by atoms with E-state index in [2.05, 4.69) is 26.1 Å². The van der Waals surface area contributed by atoms with Crippen LogP contribution in [0.5, 0.6) is 0 Å². The number of halogens is 1. The summed E-state index contributed by atoms with van der Waals surface area (Å²) in [6, 6.07) is 7.54. The Morgan fingerprint density at radius 1 is 1.45 bits per heavy atom. The van der Waals surface area contributed by atoms with Crippen LogP contribution in [0.2, 0.25) is 0 Å². The smallest absolute Gasteiger partial charge is 0.321 e. The molecule has 0 amide bonds. The molecule has 0 N–H and O–H groups in total. The topological polar surface area (TPSA) is 65.2 Å². The summed E-state index contributed by atoms with van der Waals surface area (Å²) in [7, 11) is 0. The van der Waals surface area contributed by atoms with Crippen molar-refractivity contribution in [3.05, 3.63) is 34.6 Å². The van der Waals surface area contributed by atoms with Crippen molar-refractivity contribution in [2.75, 3.05) is 6.61 Å². The van der Waals surface area contributed by atoms with E-state index < -0.39 is 5.41 Å². The lowest BCUT2D eigenvalue weighted by Gasteiger charge is -2.16. The zero-order valence-electron chi connectivity index (χ0n) is 11.5. The van der Waals surface area contributed by atoms with Gasteiger partial charge in [0.25, 0.3) is 0 Å². The lowest BCUT2D eigenvalue weighted by Crippen LogP contribution is -2.31. The van der Waals surface area contributed by atoms with Crippen molar-refractivity contribution < 1.29 is 14.1 Å². The fourth-order valence-corrected chi connectivity index (χ4v) is 2.02. The number of carbonyl (C=O) groups excluding carboxylic acids is 1. The largest absolute Gasteiger partial charge is 0.465 e. The number of ether oxygens (including phenoxy) is 1. The molecule has 2 rings (SSSR count). The van der Waals surface area contributed by atoms with E-state index in [1.54, 1.807) is 20.8 Å². The zero-order chi connectivity index (χ0) is 14.8. The van der Waals surface area contributed by atoms with Crippen molar-refractivity contribution in [2.24, 2.45) is 0 Å². The molecule has 1 heterocycles. The van der Waals surface area contributed by atoms with Gasteiger partial charge in [0.05, 0.1) is 6.61 Å². The van der Waals surface area contributed by atoms with Crippen molar-refractivity contribution in [1.29, 1.82) is 0 Å². The molecule has 20 heavy (non-hydrogen) atoms. The second-order valence-corrected chi connectivity index (χ2v) is 5.69.